The lowest BCUT2D eigenvalue weighted by molar-refractivity contribution is 0.0914. The monoisotopic (exact) mass is 327 g/mol. The number of carbonyl (C=O) groups excluding carboxylic acids is 1. The quantitative estimate of drug-likeness (QED) is 0.856. The van der Waals surface area contributed by atoms with Crippen LogP contribution in [-0.2, 0) is 6.54 Å². The molecule has 1 fully saturated rings. The number of nitrogens with two attached hydrogens (primary N) is 1. The molecule has 1 unspecified atom stereocenters. The van der Waals surface area contributed by atoms with Crippen LogP contribution < -0.4 is 11.1 Å². The number of amides is 1. The SMILES string of the molecule is NCc1ccc(C(=O)NCC(c2ccco2)N2CCCCC2)cc1. The van der Waals surface area contributed by atoms with E-state index in [-0.39, 0.29) is 11.9 Å². The Labute approximate surface area is 142 Å². The molecule has 1 atom stereocenters. The number of nitrogens with one attached hydrogen (secondary N) is 1. The molecule has 0 saturated carbocycles. The molecule has 0 radical (unpaired) electrons. The summed E-state index contributed by atoms with van der Waals surface area (Å²) in [6, 6.07) is 11.4. The predicted molar refractivity (Wildman–Crippen MR) is 93.5 cm³/mol. The molecule has 0 aliphatic carbocycles. The largest absolute Gasteiger partial charge is 0.468 e. The van der Waals surface area contributed by atoms with E-state index in [1.54, 1.807) is 6.26 Å². The molecule has 1 aromatic heterocycles. The summed E-state index contributed by atoms with van der Waals surface area (Å²) in [6.45, 7) is 3.13. The Balaban J connectivity index is 1.65. The van der Waals surface area contributed by atoms with E-state index in [1.807, 2.05) is 36.4 Å². The number of furan rings is 1. The number of rotatable bonds is 6. The van der Waals surface area contributed by atoms with E-state index in [2.05, 4.69) is 10.2 Å². The number of piperidine rings is 1. The maximum atomic E-state index is 12.4. The summed E-state index contributed by atoms with van der Waals surface area (Å²) in [7, 11) is 0. The van der Waals surface area contributed by atoms with Gasteiger partial charge in [0.15, 0.2) is 0 Å². The van der Waals surface area contributed by atoms with Crippen molar-refractivity contribution in [3.05, 3.63) is 59.5 Å². The molecule has 5 heteroatoms. The van der Waals surface area contributed by atoms with E-state index < -0.39 is 0 Å². The van der Waals surface area contributed by atoms with Gasteiger partial charge in [-0.2, -0.15) is 0 Å². The van der Waals surface area contributed by atoms with Gasteiger partial charge >= 0.3 is 0 Å². The van der Waals surface area contributed by atoms with Crippen LogP contribution in [0.4, 0.5) is 0 Å². The fraction of sp³-hybridized carbons (Fsp3) is 0.421. The summed E-state index contributed by atoms with van der Waals surface area (Å²) in [4.78, 5) is 14.8. The van der Waals surface area contributed by atoms with Gasteiger partial charge in [-0.25, -0.2) is 0 Å². The first-order valence-electron chi connectivity index (χ1n) is 8.62. The van der Waals surface area contributed by atoms with Crippen molar-refractivity contribution >= 4 is 5.91 Å². The maximum absolute atomic E-state index is 12.4. The zero-order chi connectivity index (χ0) is 16.8. The number of likely N-dealkylation sites (tertiary alicyclic amines) is 1. The zero-order valence-corrected chi connectivity index (χ0v) is 13.9. The standard InChI is InChI=1S/C19H25N3O2/c20-13-15-6-8-16(9-7-15)19(23)21-14-17(18-5-4-12-24-18)22-10-2-1-3-11-22/h4-9,12,17H,1-3,10-11,13-14,20H2,(H,21,23). The van der Waals surface area contributed by atoms with Gasteiger partial charge < -0.3 is 15.5 Å². The fourth-order valence-corrected chi connectivity index (χ4v) is 3.20. The molecule has 2 aromatic rings. The van der Waals surface area contributed by atoms with Gasteiger partial charge in [-0.3, -0.25) is 9.69 Å². The first kappa shape index (κ1) is 16.7. The van der Waals surface area contributed by atoms with Gasteiger partial charge in [-0.15, -0.1) is 0 Å². The summed E-state index contributed by atoms with van der Waals surface area (Å²) in [5.74, 6) is 0.850. The molecule has 24 heavy (non-hydrogen) atoms. The van der Waals surface area contributed by atoms with E-state index in [4.69, 9.17) is 10.2 Å². The average molecular weight is 327 g/mol. The van der Waals surface area contributed by atoms with Crippen LogP contribution in [0.3, 0.4) is 0 Å². The van der Waals surface area contributed by atoms with Crippen LogP contribution >= 0.6 is 0 Å². The van der Waals surface area contributed by atoms with Crippen molar-refractivity contribution in [3.8, 4) is 0 Å². The number of hydrogen-bond donors (Lipinski definition) is 2. The Bertz CT molecular complexity index is 631. The first-order chi connectivity index (χ1) is 11.8. The molecule has 1 aliphatic heterocycles. The number of carbonyl (C=O) groups is 1. The third kappa shape index (κ3) is 4.04. The fourth-order valence-electron chi connectivity index (χ4n) is 3.20. The highest BCUT2D eigenvalue weighted by molar-refractivity contribution is 5.94. The van der Waals surface area contributed by atoms with Crippen molar-refractivity contribution in [3.63, 3.8) is 0 Å². The van der Waals surface area contributed by atoms with Crippen molar-refractivity contribution in [1.29, 1.82) is 0 Å². The Kier molecular flexibility index (Phi) is 5.67. The van der Waals surface area contributed by atoms with Crippen molar-refractivity contribution in [2.75, 3.05) is 19.6 Å². The molecule has 3 rings (SSSR count). The lowest BCUT2D eigenvalue weighted by atomic mass is 10.1. The second-order valence-corrected chi connectivity index (χ2v) is 6.24. The number of benzene rings is 1. The average Bonchev–Trinajstić information content (AvgIpc) is 3.17. The maximum Gasteiger partial charge on any atom is 0.251 e. The minimum Gasteiger partial charge on any atom is -0.468 e. The van der Waals surface area contributed by atoms with Crippen LogP contribution in [-0.4, -0.2) is 30.4 Å². The Morgan fingerprint density at radius 3 is 2.54 bits per heavy atom. The van der Waals surface area contributed by atoms with Crippen LogP contribution in [0, 0.1) is 0 Å². The molecule has 5 nitrogen and oxygen atoms in total. The highest BCUT2D eigenvalue weighted by Crippen LogP contribution is 2.24. The molecule has 1 aromatic carbocycles. The van der Waals surface area contributed by atoms with E-state index in [0.717, 1.165) is 24.4 Å². The van der Waals surface area contributed by atoms with Crippen LogP contribution in [0.1, 0.15) is 47.0 Å². The zero-order valence-electron chi connectivity index (χ0n) is 13.9. The molecule has 128 valence electrons. The smallest absolute Gasteiger partial charge is 0.251 e. The molecule has 0 spiro atoms. The second kappa shape index (κ2) is 8.13. The summed E-state index contributed by atoms with van der Waals surface area (Å²) >= 11 is 0. The molecule has 1 amide bonds. The molecule has 1 aliphatic rings. The van der Waals surface area contributed by atoms with Crippen LogP contribution in [0.15, 0.2) is 47.1 Å². The lowest BCUT2D eigenvalue weighted by Gasteiger charge is -2.33. The molecule has 0 bridgehead atoms. The highest BCUT2D eigenvalue weighted by Gasteiger charge is 2.25. The third-order valence-corrected chi connectivity index (χ3v) is 4.61. The van der Waals surface area contributed by atoms with Crippen molar-refractivity contribution < 1.29 is 9.21 Å². The lowest BCUT2D eigenvalue weighted by Crippen LogP contribution is -2.40. The summed E-state index contributed by atoms with van der Waals surface area (Å²) in [5, 5.41) is 3.05. The number of hydrogen-bond acceptors (Lipinski definition) is 4. The van der Waals surface area contributed by atoms with E-state index in [0.29, 0.717) is 18.7 Å². The summed E-state index contributed by atoms with van der Waals surface area (Å²) in [5.41, 5.74) is 7.27. The molecule has 1 saturated heterocycles. The topological polar surface area (TPSA) is 71.5 Å². The normalized spacial score (nSPS) is 16.7. The number of nitrogens with zero attached hydrogens (tertiary/aromatic N) is 1. The van der Waals surface area contributed by atoms with Crippen LogP contribution in [0.2, 0.25) is 0 Å². The summed E-state index contributed by atoms with van der Waals surface area (Å²) < 4.78 is 5.61. The molecule has 2 heterocycles. The van der Waals surface area contributed by atoms with E-state index in [9.17, 15) is 4.79 Å². The Morgan fingerprint density at radius 2 is 1.92 bits per heavy atom. The van der Waals surface area contributed by atoms with Gasteiger partial charge in [0.2, 0.25) is 0 Å². The predicted octanol–water partition coefficient (Wildman–Crippen LogP) is 2.70. The second-order valence-electron chi connectivity index (χ2n) is 6.24. The third-order valence-electron chi connectivity index (χ3n) is 4.61. The summed E-state index contributed by atoms with van der Waals surface area (Å²) in [6.07, 6.45) is 5.37. The molecule has 3 N–H and O–H groups in total. The van der Waals surface area contributed by atoms with Crippen molar-refractivity contribution in [2.24, 2.45) is 5.73 Å². The van der Waals surface area contributed by atoms with E-state index >= 15 is 0 Å². The van der Waals surface area contributed by atoms with Gasteiger partial charge in [0.05, 0.1) is 12.3 Å². The van der Waals surface area contributed by atoms with E-state index in [1.165, 1.54) is 19.3 Å². The molecular formula is C19H25N3O2. The minimum atomic E-state index is -0.0628. The Morgan fingerprint density at radius 1 is 1.17 bits per heavy atom. The first-order valence-corrected chi connectivity index (χ1v) is 8.62. The van der Waals surface area contributed by atoms with Gasteiger partial charge in [0.1, 0.15) is 5.76 Å². The van der Waals surface area contributed by atoms with Gasteiger partial charge in [-0.1, -0.05) is 18.6 Å². The van der Waals surface area contributed by atoms with Crippen LogP contribution in [0.25, 0.3) is 0 Å². The Hall–Kier alpha value is -2.11. The van der Waals surface area contributed by atoms with Crippen molar-refractivity contribution in [2.45, 2.75) is 31.8 Å². The minimum absolute atomic E-state index is 0.0628. The molecular weight excluding hydrogens is 302 g/mol. The van der Waals surface area contributed by atoms with Crippen molar-refractivity contribution in [1.82, 2.24) is 10.2 Å². The highest BCUT2D eigenvalue weighted by atomic mass is 16.3. The van der Waals surface area contributed by atoms with Gasteiger partial charge in [0.25, 0.3) is 5.91 Å². The van der Waals surface area contributed by atoms with Gasteiger partial charge in [-0.05, 0) is 55.8 Å². The van der Waals surface area contributed by atoms with Gasteiger partial charge in [0, 0.05) is 18.7 Å². The van der Waals surface area contributed by atoms with Crippen LogP contribution in [0.5, 0.6) is 0 Å².